The van der Waals surface area contributed by atoms with Gasteiger partial charge in [0.1, 0.15) is 0 Å². The molecule has 6 heteroatoms. The predicted octanol–water partition coefficient (Wildman–Crippen LogP) is 2.91. The molecule has 1 heterocycles. The van der Waals surface area contributed by atoms with Gasteiger partial charge < -0.3 is 5.11 Å². The number of aliphatic hydroxyl groups is 1. The van der Waals surface area contributed by atoms with E-state index in [9.17, 15) is 18.3 Å². The van der Waals surface area contributed by atoms with Gasteiger partial charge in [0.2, 0.25) is 0 Å². The molecule has 0 bridgehead atoms. The van der Waals surface area contributed by atoms with E-state index < -0.39 is 17.8 Å². The standard InChI is InChI=1S/C17H23F3N2O/c18-17(19,20)14-4-2-13(3-5-14)16(23)12-21-8-1-9-22(11-10-21)15-6-7-15/h2-5,15-16,23H,1,6-12H2/t16-/m1/s1. The Hall–Kier alpha value is -1.11. The number of rotatable bonds is 4. The van der Waals surface area contributed by atoms with Gasteiger partial charge in [-0.05, 0) is 50.0 Å². The Balaban J connectivity index is 1.54. The molecule has 1 aromatic rings. The maximum absolute atomic E-state index is 12.6. The fourth-order valence-corrected chi connectivity index (χ4v) is 3.22. The second kappa shape index (κ2) is 6.79. The lowest BCUT2D eigenvalue weighted by Gasteiger charge is -2.24. The van der Waals surface area contributed by atoms with Crippen LogP contribution < -0.4 is 0 Å². The fraction of sp³-hybridized carbons (Fsp3) is 0.647. The van der Waals surface area contributed by atoms with Crippen LogP contribution >= 0.6 is 0 Å². The smallest absolute Gasteiger partial charge is 0.387 e. The highest BCUT2D eigenvalue weighted by molar-refractivity contribution is 5.26. The van der Waals surface area contributed by atoms with Crippen molar-refractivity contribution in [3.8, 4) is 0 Å². The molecule has 1 aliphatic carbocycles. The summed E-state index contributed by atoms with van der Waals surface area (Å²) >= 11 is 0. The second-order valence-corrected chi connectivity index (χ2v) is 6.56. The molecule has 3 rings (SSSR count). The van der Waals surface area contributed by atoms with Gasteiger partial charge >= 0.3 is 6.18 Å². The van der Waals surface area contributed by atoms with Gasteiger partial charge in [0, 0.05) is 25.7 Å². The lowest BCUT2D eigenvalue weighted by molar-refractivity contribution is -0.137. The third kappa shape index (κ3) is 4.46. The molecule has 1 saturated heterocycles. The first kappa shape index (κ1) is 16.7. The monoisotopic (exact) mass is 328 g/mol. The number of hydrogen-bond donors (Lipinski definition) is 1. The molecule has 1 aliphatic heterocycles. The van der Waals surface area contributed by atoms with Crippen molar-refractivity contribution in [1.29, 1.82) is 0 Å². The van der Waals surface area contributed by atoms with Crippen LogP contribution in [0, 0.1) is 0 Å². The van der Waals surface area contributed by atoms with Crippen LogP contribution in [0.3, 0.4) is 0 Å². The number of benzene rings is 1. The summed E-state index contributed by atoms with van der Waals surface area (Å²) in [5, 5.41) is 10.3. The topological polar surface area (TPSA) is 26.7 Å². The number of halogens is 3. The first-order valence-electron chi connectivity index (χ1n) is 8.25. The summed E-state index contributed by atoms with van der Waals surface area (Å²) in [6, 6.07) is 5.59. The molecule has 2 aliphatic rings. The molecule has 0 unspecified atom stereocenters. The van der Waals surface area contributed by atoms with Crippen molar-refractivity contribution in [1.82, 2.24) is 9.80 Å². The zero-order valence-corrected chi connectivity index (χ0v) is 13.1. The van der Waals surface area contributed by atoms with Crippen molar-refractivity contribution in [2.45, 2.75) is 37.6 Å². The molecule has 0 radical (unpaired) electrons. The molecule has 0 spiro atoms. The number of aliphatic hydroxyl groups excluding tert-OH is 1. The summed E-state index contributed by atoms with van der Waals surface area (Å²) in [5.41, 5.74) is -0.135. The molecule has 0 amide bonds. The highest BCUT2D eigenvalue weighted by atomic mass is 19.4. The third-order valence-corrected chi connectivity index (χ3v) is 4.74. The van der Waals surface area contributed by atoms with E-state index in [0.717, 1.165) is 50.8 Å². The molecule has 0 aromatic heterocycles. The normalized spacial score (nSPS) is 22.8. The van der Waals surface area contributed by atoms with Crippen LogP contribution in [0.1, 0.15) is 36.5 Å². The predicted molar refractivity (Wildman–Crippen MR) is 82.1 cm³/mol. The molecule has 3 nitrogen and oxygen atoms in total. The highest BCUT2D eigenvalue weighted by Crippen LogP contribution is 2.30. The van der Waals surface area contributed by atoms with Crippen molar-refractivity contribution >= 4 is 0 Å². The summed E-state index contributed by atoms with van der Waals surface area (Å²) in [4.78, 5) is 4.73. The lowest BCUT2D eigenvalue weighted by Crippen LogP contribution is -2.34. The summed E-state index contributed by atoms with van der Waals surface area (Å²) in [6.45, 7) is 4.45. The molecule has 1 atom stereocenters. The number of β-amino-alcohol motifs (C(OH)–C–C–N with tert-alkyl or cyclic N) is 1. The van der Waals surface area contributed by atoms with E-state index >= 15 is 0 Å². The van der Waals surface area contributed by atoms with Gasteiger partial charge in [-0.3, -0.25) is 9.80 Å². The molecular weight excluding hydrogens is 305 g/mol. The van der Waals surface area contributed by atoms with Crippen LogP contribution in [-0.4, -0.2) is 53.7 Å². The van der Waals surface area contributed by atoms with E-state index in [1.54, 1.807) is 0 Å². The number of alkyl halides is 3. The first-order valence-corrected chi connectivity index (χ1v) is 8.25. The Bertz CT molecular complexity index is 514. The minimum Gasteiger partial charge on any atom is -0.387 e. The largest absolute Gasteiger partial charge is 0.416 e. The van der Waals surface area contributed by atoms with Gasteiger partial charge in [0.15, 0.2) is 0 Å². The third-order valence-electron chi connectivity index (χ3n) is 4.74. The van der Waals surface area contributed by atoms with Gasteiger partial charge in [0.25, 0.3) is 0 Å². The molecule has 128 valence electrons. The van der Waals surface area contributed by atoms with Gasteiger partial charge in [-0.1, -0.05) is 12.1 Å². The first-order chi connectivity index (χ1) is 10.9. The van der Waals surface area contributed by atoms with E-state index in [0.29, 0.717) is 12.1 Å². The number of nitrogens with zero attached hydrogens (tertiary/aromatic N) is 2. The van der Waals surface area contributed by atoms with Crippen molar-refractivity contribution in [2.24, 2.45) is 0 Å². The summed E-state index contributed by atoms with van der Waals surface area (Å²) in [5.74, 6) is 0. The Labute approximate surface area is 134 Å². The Morgan fingerprint density at radius 2 is 1.74 bits per heavy atom. The Kier molecular flexibility index (Phi) is 4.94. The van der Waals surface area contributed by atoms with Gasteiger partial charge in [-0.2, -0.15) is 13.2 Å². The highest BCUT2D eigenvalue weighted by Gasteiger charge is 2.31. The average molecular weight is 328 g/mol. The van der Waals surface area contributed by atoms with E-state index in [1.807, 2.05) is 0 Å². The van der Waals surface area contributed by atoms with E-state index in [-0.39, 0.29) is 0 Å². The Morgan fingerprint density at radius 3 is 2.35 bits per heavy atom. The maximum atomic E-state index is 12.6. The van der Waals surface area contributed by atoms with Crippen molar-refractivity contribution in [2.75, 3.05) is 32.7 Å². The Morgan fingerprint density at radius 1 is 1.04 bits per heavy atom. The van der Waals surface area contributed by atoms with Crippen molar-refractivity contribution in [3.05, 3.63) is 35.4 Å². The SMILES string of the molecule is O[C@H](CN1CCCN(C2CC2)CC1)c1ccc(C(F)(F)F)cc1. The quantitative estimate of drug-likeness (QED) is 0.921. The van der Waals surface area contributed by atoms with E-state index in [2.05, 4.69) is 9.80 Å². The molecule has 2 fully saturated rings. The van der Waals surface area contributed by atoms with Crippen LogP contribution in [0.15, 0.2) is 24.3 Å². The zero-order valence-electron chi connectivity index (χ0n) is 13.1. The molecule has 1 saturated carbocycles. The van der Waals surface area contributed by atoms with Crippen LogP contribution in [0.5, 0.6) is 0 Å². The minimum atomic E-state index is -4.33. The van der Waals surface area contributed by atoms with Crippen molar-refractivity contribution in [3.63, 3.8) is 0 Å². The van der Waals surface area contributed by atoms with Gasteiger partial charge in [0.05, 0.1) is 11.7 Å². The lowest BCUT2D eigenvalue weighted by atomic mass is 10.1. The van der Waals surface area contributed by atoms with E-state index in [1.165, 1.54) is 25.0 Å². The molecule has 23 heavy (non-hydrogen) atoms. The van der Waals surface area contributed by atoms with Crippen LogP contribution in [0.25, 0.3) is 0 Å². The zero-order chi connectivity index (χ0) is 16.4. The second-order valence-electron chi connectivity index (χ2n) is 6.56. The van der Waals surface area contributed by atoms with E-state index in [4.69, 9.17) is 0 Å². The average Bonchev–Trinajstić information content (AvgIpc) is 3.33. The van der Waals surface area contributed by atoms with Crippen LogP contribution in [0.2, 0.25) is 0 Å². The molecule has 1 N–H and O–H groups in total. The summed E-state index contributed by atoms with van der Waals surface area (Å²) < 4.78 is 37.7. The minimum absolute atomic E-state index is 0.476. The molecule has 1 aromatic carbocycles. The van der Waals surface area contributed by atoms with Crippen molar-refractivity contribution < 1.29 is 18.3 Å². The molecular formula is C17H23F3N2O. The fourth-order valence-electron chi connectivity index (χ4n) is 3.22. The van der Waals surface area contributed by atoms with Crippen LogP contribution in [0.4, 0.5) is 13.2 Å². The number of hydrogen-bond acceptors (Lipinski definition) is 3. The van der Waals surface area contributed by atoms with Gasteiger partial charge in [-0.25, -0.2) is 0 Å². The maximum Gasteiger partial charge on any atom is 0.416 e. The summed E-state index contributed by atoms with van der Waals surface area (Å²) in [6.07, 6.45) is -1.40. The van der Waals surface area contributed by atoms with Gasteiger partial charge in [-0.15, -0.1) is 0 Å². The van der Waals surface area contributed by atoms with Crippen LogP contribution in [-0.2, 0) is 6.18 Å². The summed E-state index contributed by atoms with van der Waals surface area (Å²) in [7, 11) is 0.